The number of imide groups is 1. The fourth-order valence-electron chi connectivity index (χ4n) is 2.41. The molecule has 0 N–H and O–H groups in total. The van der Waals surface area contributed by atoms with Crippen molar-refractivity contribution in [3.8, 4) is 0 Å². The standard InChI is InChI=1S/C15H12N2O3/c1-10(11-6-8-16(20)9-7-11)17-14(18)12-4-2-3-5-13(12)15(17)19/h2-10H,1H3. The predicted molar refractivity (Wildman–Crippen MR) is 70.8 cm³/mol. The SMILES string of the molecule is CC(c1cc[n+]([O-])cc1)N1C(=O)c2ccccc2C1=O. The van der Waals surface area contributed by atoms with Crippen LogP contribution >= 0.6 is 0 Å². The summed E-state index contributed by atoms with van der Waals surface area (Å²) >= 11 is 0. The van der Waals surface area contributed by atoms with Crippen molar-refractivity contribution >= 4 is 11.8 Å². The maximum Gasteiger partial charge on any atom is 0.262 e. The van der Waals surface area contributed by atoms with Crippen molar-refractivity contribution in [2.75, 3.05) is 0 Å². The molecule has 0 saturated heterocycles. The molecule has 0 saturated carbocycles. The average molecular weight is 268 g/mol. The molecular formula is C15H12N2O3. The Morgan fingerprint density at radius 2 is 1.50 bits per heavy atom. The Labute approximate surface area is 115 Å². The molecule has 0 fully saturated rings. The van der Waals surface area contributed by atoms with Gasteiger partial charge in [0, 0.05) is 12.1 Å². The van der Waals surface area contributed by atoms with Crippen LogP contribution in [0.3, 0.4) is 0 Å². The van der Waals surface area contributed by atoms with Crippen LogP contribution in [0.1, 0.15) is 39.2 Å². The predicted octanol–water partition coefficient (Wildman–Crippen LogP) is 1.68. The van der Waals surface area contributed by atoms with E-state index >= 15 is 0 Å². The number of nitrogens with zero attached hydrogens (tertiary/aromatic N) is 2. The summed E-state index contributed by atoms with van der Waals surface area (Å²) in [5.74, 6) is -0.589. The lowest BCUT2D eigenvalue weighted by atomic mass is 10.1. The van der Waals surface area contributed by atoms with E-state index in [0.717, 1.165) is 5.56 Å². The van der Waals surface area contributed by atoms with Gasteiger partial charge in [0.05, 0.1) is 17.2 Å². The van der Waals surface area contributed by atoms with Gasteiger partial charge in [0.25, 0.3) is 11.8 Å². The summed E-state index contributed by atoms with van der Waals surface area (Å²) in [5.41, 5.74) is 1.60. The molecule has 1 atom stereocenters. The highest BCUT2D eigenvalue weighted by atomic mass is 16.5. The smallest absolute Gasteiger partial charge is 0.262 e. The Morgan fingerprint density at radius 1 is 1.00 bits per heavy atom. The maximum absolute atomic E-state index is 12.3. The van der Waals surface area contributed by atoms with Crippen molar-refractivity contribution in [3.63, 3.8) is 0 Å². The topological polar surface area (TPSA) is 64.3 Å². The van der Waals surface area contributed by atoms with Gasteiger partial charge >= 0.3 is 0 Å². The number of hydrogen-bond donors (Lipinski definition) is 0. The van der Waals surface area contributed by atoms with Crippen LogP contribution in [-0.2, 0) is 0 Å². The number of rotatable bonds is 2. The lowest BCUT2D eigenvalue weighted by molar-refractivity contribution is -0.605. The highest BCUT2D eigenvalue weighted by molar-refractivity contribution is 6.21. The third-order valence-electron chi connectivity index (χ3n) is 3.52. The van der Waals surface area contributed by atoms with Crippen LogP contribution in [0.25, 0.3) is 0 Å². The molecule has 1 aliphatic heterocycles. The number of fused-ring (bicyclic) bond motifs is 1. The summed E-state index contributed by atoms with van der Waals surface area (Å²) < 4.78 is 0.665. The molecule has 1 unspecified atom stereocenters. The molecule has 0 radical (unpaired) electrons. The quantitative estimate of drug-likeness (QED) is 0.473. The minimum atomic E-state index is -0.413. The summed E-state index contributed by atoms with van der Waals surface area (Å²) in [5, 5.41) is 11.0. The summed E-state index contributed by atoms with van der Waals surface area (Å²) in [6, 6.07) is 9.59. The van der Waals surface area contributed by atoms with Gasteiger partial charge in [-0.15, -0.1) is 0 Å². The number of carbonyl (C=O) groups excluding carboxylic acids is 2. The van der Waals surface area contributed by atoms with E-state index in [1.54, 1.807) is 43.3 Å². The van der Waals surface area contributed by atoms with Crippen LogP contribution in [-0.4, -0.2) is 16.7 Å². The molecule has 2 amide bonds. The number of carbonyl (C=O) groups is 2. The first-order valence-corrected chi connectivity index (χ1v) is 6.25. The van der Waals surface area contributed by atoms with Gasteiger partial charge in [-0.25, -0.2) is 0 Å². The summed E-state index contributed by atoms with van der Waals surface area (Å²) in [6.07, 6.45) is 2.70. The van der Waals surface area contributed by atoms with Gasteiger partial charge in [0.15, 0.2) is 12.4 Å². The van der Waals surface area contributed by atoms with Gasteiger partial charge in [-0.2, -0.15) is 4.73 Å². The first kappa shape index (κ1) is 12.3. The molecule has 5 nitrogen and oxygen atoms in total. The number of aromatic nitrogens is 1. The van der Waals surface area contributed by atoms with Gasteiger partial charge in [-0.1, -0.05) is 12.1 Å². The van der Waals surface area contributed by atoms with Crippen LogP contribution in [0.4, 0.5) is 0 Å². The molecule has 20 heavy (non-hydrogen) atoms. The zero-order valence-corrected chi connectivity index (χ0v) is 10.8. The van der Waals surface area contributed by atoms with Crippen LogP contribution in [0.15, 0.2) is 48.8 Å². The third-order valence-corrected chi connectivity index (χ3v) is 3.52. The van der Waals surface area contributed by atoms with Crippen molar-refractivity contribution in [2.45, 2.75) is 13.0 Å². The van der Waals surface area contributed by atoms with Gasteiger partial charge < -0.3 is 5.21 Å². The van der Waals surface area contributed by atoms with Crippen molar-refractivity contribution in [3.05, 3.63) is 70.7 Å². The van der Waals surface area contributed by atoms with E-state index in [9.17, 15) is 14.8 Å². The van der Waals surface area contributed by atoms with Crippen LogP contribution in [0, 0.1) is 5.21 Å². The molecule has 0 spiro atoms. The Hall–Kier alpha value is -2.69. The third kappa shape index (κ3) is 1.75. The highest BCUT2D eigenvalue weighted by Gasteiger charge is 2.38. The summed E-state index contributed by atoms with van der Waals surface area (Å²) in [4.78, 5) is 25.9. The molecule has 1 aromatic carbocycles. The fraction of sp³-hybridized carbons (Fsp3) is 0.133. The molecule has 1 aliphatic rings. The van der Waals surface area contributed by atoms with Crippen molar-refractivity contribution in [1.82, 2.24) is 4.90 Å². The molecule has 3 rings (SSSR count). The number of pyridine rings is 1. The summed E-state index contributed by atoms with van der Waals surface area (Å²) in [6.45, 7) is 1.77. The first-order chi connectivity index (χ1) is 9.59. The number of hydrogen-bond acceptors (Lipinski definition) is 3. The fourth-order valence-corrected chi connectivity index (χ4v) is 2.41. The lowest BCUT2D eigenvalue weighted by Crippen LogP contribution is -2.33. The molecule has 1 aromatic heterocycles. The minimum absolute atomic E-state index is 0.294. The van der Waals surface area contributed by atoms with E-state index in [-0.39, 0.29) is 11.8 Å². The average Bonchev–Trinajstić information content (AvgIpc) is 2.72. The van der Waals surface area contributed by atoms with E-state index in [1.807, 2.05) is 0 Å². The second-order valence-electron chi connectivity index (χ2n) is 4.69. The van der Waals surface area contributed by atoms with E-state index in [0.29, 0.717) is 15.9 Å². The van der Waals surface area contributed by atoms with Gasteiger partial charge in [0.2, 0.25) is 0 Å². The monoisotopic (exact) mass is 268 g/mol. The molecule has 100 valence electrons. The van der Waals surface area contributed by atoms with E-state index in [1.165, 1.54) is 17.3 Å². The van der Waals surface area contributed by atoms with Crippen LogP contribution < -0.4 is 4.73 Å². The maximum atomic E-state index is 12.3. The van der Waals surface area contributed by atoms with Gasteiger partial charge in [0.1, 0.15) is 0 Å². The Bertz CT molecular complexity index is 660. The zero-order valence-electron chi connectivity index (χ0n) is 10.8. The first-order valence-electron chi connectivity index (χ1n) is 6.25. The van der Waals surface area contributed by atoms with E-state index < -0.39 is 6.04 Å². The lowest BCUT2D eigenvalue weighted by Gasteiger charge is -2.22. The minimum Gasteiger partial charge on any atom is -0.619 e. The summed E-state index contributed by atoms with van der Waals surface area (Å²) in [7, 11) is 0. The van der Waals surface area contributed by atoms with Crippen molar-refractivity contribution < 1.29 is 14.3 Å². The molecule has 0 bridgehead atoms. The van der Waals surface area contributed by atoms with E-state index in [2.05, 4.69) is 0 Å². The van der Waals surface area contributed by atoms with Crippen molar-refractivity contribution in [1.29, 1.82) is 0 Å². The molecule has 0 aliphatic carbocycles. The van der Waals surface area contributed by atoms with E-state index in [4.69, 9.17) is 0 Å². The second kappa shape index (κ2) is 4.45. The Kier molecular flexibility index (Phi) is 2.75. The molecule has 2 heterocycles. The van der Waals surface area contributed by atoms with Gasteiger partial charge in [-0.05, 0) is 24.6 Å². The largest absolute Gasteiger partial charge is 0.619 e. The van der Waals surface area contributed by atoms with Crippen LogP contribution in [0.2, 0.25) is 0 Å². The van der Waals surface area contributed by atoms with Crippen LogP contribution in [0.5, 0.6) is 0 Å². The second-order valence-corrected chi connectivity index (χ2v) is 4.69. The Morgan fingerprint density at radius 3 is 2.00 bits per heavy atom. The van der Waals surface area contributed by atoms with Crippen molar-refractivity contribution in [2.24, 2.45) is 0 Å². The highest BCUT2D eigenvalue weighted by Crippen LogP contribution is 2.30. The molecule has 5 heteroatoms. The molecule has 2 aromatic rings. The zero-order chi connectivity index (χ0) is 14.3. The number of benzene rings is 1. The normalized spacial score (nSPS) is 15.3. The number of amides is 2. The van der Waals surface area contributed by atoms with Gasteiger partial charge in [-0.3, -0.25) is 14.5 Å². The Balaban J connectivity index is 1.98. The molecular weight excluding hydrogens is 256 g/mol.